The van der Waals surface area contributed by atoms with Crippen LogP contribution < -0.4 is 5.32 Å². The molecule has 2 aromatic rings. The van der Waals surface area contributed by atoms with Gasteiger partial charge in [0.2, 0.25) is 0 Å². The third-order valence-corrected chi connectivity index (χ3v) is 4.21. The summed E-state index contributed by atoms with van der Waals surface area (Å²) >= 11 is 7.97. The summed E-state index contributed by atoms with van der Waals surface area (Å²) in [5.41, 5.74) is 1.18. The number of aryl methyl sites for hydroxylation is 1. The van der Waals surface area contributed by atoms with E-state index in [1.165, 1.54) is 10.4 Å². The number of hydrogen-bond donors (Lipinski definition) is 1. The quantitative estimate of drug-likeness (QED) is 0.895. The Hall–Kier alpha value is -0.900. The molecule has 18 heavy (non-hydrogen) atoms. The van der Waals surface area contributed by atoms with Crippen LogP contribution in [0.2, 0.25) is 5.02 Å². The monoisotopic (exact) mass is 280 g/mol. The molecule has 0 saturated carbocycles. The Bertz CT molecular complexity index is 510. The van der Waals surface area contributed by atoms with Gasteiger partial charge in [0, 0.05) is 22.1 Å². The highest BCUT2D eigenvalue weighted by Crippen LogP contribution is 2.26. The topological polar surface area (TPSA) is 24.9 Å². The van der Waals surface area contributed by atoms with E-state index in [4.69, 9.17) is 11.6 Å². The normalized spacial score (nSPS) is 12.6. The first-order valence-corrected chi connectivity index (χ1v) is 7.29. The van der Waals surface area contributed by atoms with E-state index >= 15 is 0 Å². The van der Waals surface area contributed by atoms with Crippen LogP contribution in [0.25, 0.3) is 0 Å². The van der Waals surface area contributed by atoms with Gasteiger partial charge in [-0.25, -0.2) is 4.98 Å². The van der Waals surface area contributed by atoms with Crippen molar-refractivity contribution in [1.29, 1.82) is 0 Å². The third-order valence-electron chi connectivity index (χ3n) is 2.81. The number of halogens is 1. The van der Waals surface area contributed by atoms with Gasteiger partial charge in [-0.3, -0.25) is 0 Å². The lowest BCUT2D eigenvalue weighted by Crippen LogP contribution is -2.22. The maximum Gasteiger partial charge on any atom is 0.0897 e. The van der Waals surface area contributed by atoms with Crippen molar-refractivity contribution >= 4 is 22.9 Å². The number of aromatic nitrogens is 1. The molecule has 1 N–H and O–H groups in total. The summed E-state index contributed by atoms with van der Waals surface area (Å²) in [4.78, 5) is 5.60. The first kappa shape index (κ1) is 13.5. The number of likely N-dealkylation sites (N-methyl/N-ethyl adjacent to an activating group) is 1. The van der Waals surface area contributed by atoms with E-state index in [0.717, 1.165) is 23.0 Å². The molecule has 2 nitrogen and oxygen atoms in total. The zero-order valence-electron chi connectivity index (χ0n) is 10.6. The Labute approximate surface area is 117 Å². The Kier molecular flexibility index (Phi) is 4.75. The van der Waals surface area contributed by atoms with Gasteiger partial charge in [-0.05, 0) is 31.5 Å². The Balaban J connectivity index is 2.19. The molecular formula is C14H17ClN2S. The molecule has 4 heteroatoms. The predicted octanol–water partition coefficient (Wildman–Crippen LogP) is 4.00. The highest BCUT2D eigenvalue weighted by atomic mass is 35.5. The molecule has 96 valence electrons. The van der Waals surface area contributed by atoms with E-state index in [1.54, 1.807) is 11.3 Å². The molecule has 0 amide bonds. The first-order chi connectivity index (χ1) is 8.70. The number of nitrogens with zero attached hydrogens (tertiary/aromatic N) is 1. The fraction of sp³-hybridized carbons (Fsp3) is 0.357. The van der Waals surface area contributed by atoms with Gasteiger partial charge in [-0.1, -0.05) is 36.7 Å². The minimum Gasteiger partial charge on any atom is -0.309 e. The molecule has 2 rings (SSSR count). The van der Waals surface area contributed by atoms with Crippen molar-refractivity contribution in [2.45, 2.75) is 26.3 Å². The van der Waals surface area contributed by atoms with Crippen LogP contribution in [0.15, 0.2) is 30.5 Å². The number of nitrogens with one attached hydrogen (secondary N) is 1. The third kappa shape index (κ3) is 3.31. The number of rotatable bonds is 5. The maximum absolute atomic E-state index is 6.22. The van der Waals surface area contributed by atoms with Crippen LogP contribution in [-0.2, 0) is 6.42 Å². The Morgan fingerprint density at radius 2 is 2.17 bits per heavy atom. The summed E-state index contributed by atoms with van der Waals surface area (Å²) < 4.78 is 0. The molecule has 0 fully saturated rings. The van der Waals surface area contributed by atoms with E-state index in [9.17, 15) is 0 Å². The van der Waals surface area contributed by atoms with E-state index < -0.39 is 0 Å². The van der Waals surface area contributed by atoms with Gasteiger partial charge in [0.1, 0.15) is 0 Å². The van der Waals surface area contributed by atoms with Gasteiger partial charge < -0.3 is 5.32 Å². The second-order valence-electron chi connectivity index (χ2n) is 4.19. The van der Waals surface area contributed by atoms with Crippen molar-refractivity contribution in [3.8, 4) is 0 Å². The average molecular weight is 281 g/mol. The molecule has 0 saturated heterocycles. The first-order valence-electron chi connectivity index (χ1n) is 6.09. The minimum atomic E-state index is 0.293. The van der Waals surface area contributed by atoms with Crippen LogP contribution >= 0.6 is 22.9 Å². The maximum atomic E-state index is 6.22. The molecule has 1 atom stereocenters. The van der Waals surface area contributed by atoms with Crippen molar-refractivity contribution in [1.82, 2.24) is 10.3 Å². The van der Waals surface area contributed by atoms with Crippen molar-refractivity contribution in [2.24, 2.45) is 0 Å². The molecule has 0 aliphatic carbocycles. The van der Waals surface area contributed by atoms with Crippen molar-refractivity contribution in [2.75, 3.05) is 6.54 Å². The molecule has 1 heterocycles. The van der Waals surface area contributed by atoms with Crippen LogP contribution in [-0.4, -0.2) is 11.5 Å². The summed E-state index contributed by atoms with van der Waals surface area (Å²) in [6, 6.07) is 8.31. The average Bonchev–Trinajstić information content (AvgIpc) is 2.78. The Morgan fingerprint density at radius 3 is 2.78 bits per heavy atom. The highest BCUT2D eigenvalue weighted by Gasteiger charge is 2.15. The molecule has 0 aliphatic heterocycles. The zero-order valence-corrected chi connectivity index (χ0v) is 12.2. The zero-order chi connectivity index (χ0) is 13.0. The molecule has 0 bridgehead atoms. The fourth-order valence-corrected chi connectivity index (χ4v) is 3.02. The van der Waals surface area contributed by atoms with Crippen LogP contribution in [0.1, 0.15) is 28.4 Å². The second kappa shape index (κ2) is 6.32. The summed E-state index contributed by atoms with van der Waals surface area (Å²) in [5.74, 6) is 0. The van der Waals surface area contributed by atoms with Crippen LogP contribution in [0, 0.1) is 6.92 Å². The van der Waals surface area contributed by atoms with Gasteiger partial charge in [0.25, 0.3) is 0 Å². The van der Waals surface area contributed by atoms with Crippen molar-refractivity contribution in [3.63, 3.8) is 0 Å². The van der Waals surface area contributed by atoms with Crippen LogP contribution in [0.4, 0.5) is 0 Å². The SMILES string of the molecule is CCNC(Cc1ccccc1Cl)c1cnc(C)s1. The number of thiazole rings is 1. The lowest BCUT2D eigenvalue weighted by Gasteiger charge is -2.16. The molecule has 1 unspecified atom stereocenters. The van der Waals surface area contributed by atoms with Gasteiger partial charge >= 0.3 is 0 Å². The molecule has 0 aliphatic rings. The van der Waals surface area contributed by atoms with Gasteiger partial charge in [0.05, 0.1) is 5.01 Å². The van der Waals surface area contributed by atoms with Gasteiger partial charge in [0.15, 0.2) is 0 Å². The van der Waals surface area contributed by atoms with Crippen molar-refractivity contribution in [3.05, 3.63) is 50.9 Å². The summed E-state index contributed by atoms with van der Waals surface area (Å²) in [7, 11) is 0. The smallest absolute Gasteiger partial charge is 0.0897 e. The molecule has 1 aromatic heterocycles. The summed E-state index contributed by atoms with van der Waals surface area (Å²) in [5, 5.41) is 5.44. The van der Waals surface area contributed by atoms with Crippen LogP contribution in [0.5, 0.6) is 0 Å². The van der Waals surface area contributed by atoms with Crippen LogP contribution in [0.3, 0.4) is 0 Å². The van der Waals surface area contributed by atoms with Gasteiger partial charge in [-0.15, -0.1) is 11.3 Å². The standard InChI is InChI=1S/C14H17ClN2S/c1-3-16-13(14-9-17-10(2)18-14)8-11-6-4-5-7-12(11)15/h4-7,9,13,16H,3,8H2,1-2H3. The Morgan fingerprint density at radius 1 is 1.39 bits per heavy atom. The van der Waals surface area contributed by atoms with Crippen molar-refractivity contribution < 1.29 is 0 Å². The molecule has 1 aromatic carbocycles. The van der Waals surface area contributed by atoms with E-state index in [-0.39, 0.29) is 0 Å². The predicted molar refractivity (Wildman–Crippen MR) is 78.4 cm³/mol. The lowest BCUT2D eigenvalue weighted by atomic mass is 10.1. The largest absolute Gasteiger partial charge is 0.309 e. The van der Waals surface area contributed by atoms with E-state index in [0.29, 0.717) is 6.04 Å². The summed E-state index contributed by atoms with van der Waals surface area (Å²) in [6.07, 6.45) is 2.86. The molecule has 0 radical (unpaired) electrons. The molecule has 0 spiro atoms. The number of benzene rings is 1. The highest BCUT2D eigenvalue weighted by molar-refractivity contribution is 7.11. The van der Waals surface area contributed by atoms with E-state index in [2.05, 4.69) is 23.3 Å². The fourth-order valence-electron chi connectivity index (χ4n) is 1.94. The van der Waals surface area contributed by atoms with Gasteiger partial charge in [-0.2, -0.15) is 0 Å². The minimum absolute atomic E-state index is 0.293. The van der Waals surface area contributed by atoms with E-state index in [1.807, 2.05) is 31.3 Å². The number of hydrogen-bond acceptors (Lipinski definition) is 3. The molecular weight excluding hydrogens is 264 g/mol. The summed E-state index contributed by atoms with van der Waals surface area (Å²) in [6.45, 7) is 5.09. The lowest BCUT2D eigenvalue weighted by molar-refractivity contribution is 0.557. The second-order valence-corrected chi connectivity index (χ2v) is 5.86.